The van der Waals surface area contributed by atoms with E-state index in [4.69, 9.17) is 4.42 Å². The molecular weight excluding hydrogens is 316 g/mol. The van der Waals surface area contributed by atoms with Crippen LogP contribution < -0.4 is 10.0 Å². The zero-order chi connectivity index (χ0) is 16.9. The van der Waals surface area contributed by atoms with Crippen LogP contribution in [0.5, 0.6) is 0 Å². The Morgan fingerprint density at radius 1 is 1.17 bits per heavy atom. The van der Waals surface area contributed by atoms with Gasteiger partial charge >= 0.3 is 0 Å². The molecule has 1 atom stereocenters. The standard InChI is InChI=1S/C16H20N2O4S/c1-12(8-9-13-6-4-3-5-7-13)18-16(19)14-10-11-15(22-14)23(20,21)17-2/h3-7,10-12,17H,8-9H2,1-2H3,(H,18,19). The Hall–Kier alpha value is -2.12. The minimum absolute atomic E-state index is 0.0228. The van der Waals surface area contributed by atoms with E-state index in [1.54, 1.807) is 0 Å². The van der Waals surface area contributed by atoms with E-state index in [0.717, 1.165) is 12.8 Å². The van der Waals surface area contributed by atoms with Crippen molar-refractivity contribution in [1.29, 1.82) is 0 Å². The van der Waals surface area contributed by atoms with Crippen molar-refractivity contribution >= 4 is 15.9 Å². The molecule has 0 fully saturated rings. The van der Waals surface area contributed by atoms with E-state index in [2.05, 4.69) is 10.0 Å². The van der Waals surface area contributed by atoms with Gasteiger partial charge in [-0.1, -0.05) is 30.3 Å². The van der Waals surface area contributed by atoms with Crippen LogP contribution in [-0.2, 0) is 16.4 Å². The van der Waals surface area contributed by atoms with Gasteiger partial charge in [0.1, 0.15) is 0 Å². The van der Waals surface area contributed by atoms with Crippen LogP contribution in [0, 0.1) is 0 Å². The monoisotopic (exact) mass is 336 g/mol. The van der Waals surface area contributed by atoms with E-state index < -0.39 is 15.9 Å². The summed E-state index contributed by atoms with van der Waals surface area (Å²) in [5.41, 5.74) is 1.20. The first-order valence-electron chi connectivity index (χ1n) is 7.30. The maximum absolute atomic E-state index is 12.1. The van der Waals surface area contributed by atoms with Crippen LogP contribution in [0.1, 0.15) is 29.5 Å². The molecule has 0 aliphatic heterocycles. The highest BCUT2D eigenvalue weighted by Gasteiger charge is 2.20. The van der Waals surface area contributed by atoms with Gasteiger partial charge in [0.25, 0.3) is 15.9 Å². The maximum Gasteiger partial charge on any atom is 0.287 e. The van der Waals surface area contributed by atoms with Gasteiger partial charge in [-0.3, -0.25) is 4.79 Å². The summed E-state index contributed by atoms with van der Waals surface area (Å²) in [5.74, 6) is -0.450. The number of nitrogens with one attached hydrogen (secondary N) is 2. The summed E-state index contributed by atoms with van der Waals surface area (Å²) in [7, 11) is -2.40. The van der Waals surface area contributed by atoms with E-state index in [1.807, 2.05) is 37.3 Å². The second-order valence-electron chi connectivity index (χ2n) is 5.23. The molecular formula is C16H20N2O4S. The molecule has 1 aromatic carbocycles. The molecule has 0 radical (unpaired) electrons. The summed E-state index contributed by atoms with van der Waals surface area (Å²) in [6.45, 7) is 1.90. The Balaban J connectivity index is 1.91. The molecule has 0 aliphatic carbocycles. The number of amides is 1. The van der Waals surface area contributed by atoms with E-state index in [9.17, 15) is 13.2 Å². The number of furan rings is 1. The number of aryl methyl sites for hydroxylation is 1. The summed E-state index contributed by atoms with van der Waals surface area (Å²) < 4.78 is 30.4. The zero-order valence-corrected chi connectivity index (χ0v) is 13.9. The summed E-state index contributed by atoms with van der Waals surface area (Å²) >= 11 is 0. The zero-order valence-electron chi connectivity index (χ0n) is 13.1. The van der Waals surface area contributed by atoms with E-state index in [-0.39, 0.29) is 16.9 Å². The molecule has 1 amide bonds. The van der Waals surface area contributed by atoms with Crippen LogP contribution in [-0.4, -0.2) is 27.4 Å². The van der Waals surface area contributed by atoms with Gasteiger partial charge in [-0.15, -0.1) is 0 Å². The lowest BCUT2D eigenvalue weighted by Gasteiger charge is -2.12. The smallest absolute Gasteiger partial charge is 0.287 e. The number of sulfonamides is 1. The van der Waals surface area contributed by atoms with Crippen LogP contribution >= 0.6 is 0 Å². The molecule has 1 aromatic heterocycles. The Bertz CT molecular complexity index is 753. The molecule has 1 heterocycles. The van der Waals surface area contributed by atoms with Crippen molar-refractivity contribution in [2.45, 2.75) is 30.9 Å². The third-order valence-corrected chi connectivity index (χ3v) is 4.71. The molecule has 0 aliphatic rings. The van der Waals surface area contributed by atoms with Crippen LogP contribution in [0.2, 0.25) is 0 Å². The summed E-state index contributed by atoms with van der Waals surface area (Å²) in [6.07, 6.45) is 1.62. The van der Waals surface area contributed by atoms with Gasteiger partial charge in [-0.05, 0) is 44.5 Å². The fourth-order valence-electron chi connectivity index (χ4n) is 2.08. The fourth-order valence-corrected chi connectivity index (χ4v) is 2.73. The predicted octanol–water partition coefficient (Wildman–Crippen LogP) is 1.94. The van der Waals surface area contributed by atoms with Crippen molar-refractivity contribution < 1.29 is 17.6 Å². The van der Waals surface area contributed by atoms with Crippen molar-refractivity contribution in [3.05, 3.63) is 53.8 Å². The van der Waals surface area contributed by atoms with Crippen LogP contribution in [0.4, 0.5) is 0 Å². The lowest BCUT2D eigenvalue weighted by Crippen LogP contribution is -2.32. The number of hydrogen-bond acceptors (Lipinski definition) is 4. The second kappa shape index (κ2) is 7.43. The first kappa shape index (κ1) is 17.2. The number of carbonyl (C=O) groups is 1. The predicted molar refractivity (Wildman–Crippen MR) is 86.6 cm³/mol. The molecule has 0 bridgehead atoms. The van der Waals surface area contributed by atoms with E-state index in [0.29, 0.717) is 0 Å². The fraction of sp³-hybridized carbons (Fsp3) is 0.312. The van der Waals surface area contributed by atoms with E-state index in [1.165, 1.54) is 24.7 Å². The van der Waals surface area contributed by atoms with Crippen LogP contribution in [0.15, 0.2) is 52.0 Å². The molecule has 0 saturated carbocycles. The molecule has 2 rings (SSSR count). The number of benzene rings is 1. The summed E-state index contributed by atoms with van der Waals surface area (Å²) in [4.78, 5) is 12.1. The molecule has 124 valence electrons. The summed E-state index contributed by atoms with van der Waals surface area (Å²) in [6, 6.07) is 12.5. The highest BCUT2D eigenvalue weighted by atomic mass is 32.2. The van der Waals surface area contributed by atoms with Gasteiger partial charge in [0, 0.05) is 6.04 Å². The molecule has 0 spiro atoms. The molecule has 1 unspecified atom stereocenters. The van der Waals surface area contributed by atoms with Gasteiger partial charge in [-0.25, -0.2) is 13.1 Å². The van der Waals surface area contributed by atoms with Crippen molar-refractivity contribution in [2.75, 3.05) is 7.05 Å². The quantitative estimate of drug-likeness (QED) is 0.809. The normalized spacial score (nSPS) is 12.8. The topological polar surface area (TPSA) is 88.4 Å². The Morgan fingerprint density at radius 3 is 2.52 bits per heavy atom. The van der Waals surface area contributed by atoms with Gasteiger partial charge in [0.2, 0.25) is 5.09 Å². The third-order valence-electron chi connectivity index (χ3n) is 3.43. The molecule has 6 nitrogen and oxygen atoms in total. The lowest BCUT2D eigenvalue weighted by molar-refractivity contribution is 0.0905. The van der Waals surface area contributed by atoms with Crippen molar-refractivity contribution in [2.24, 2.45) is 0 Å². The largest absolute Gasteiger partial charge is 0.438 e. The van der Waals surface area contributed by atoms with Gasteiger partial charge in [-0.2, -0.15) is 0 Å². The molecule has 2 aromatic rings. The van der Waals surface area contributed by atoms with Gasteiger partial charge in [0.05, 0.1) is 0 Å². The molecule has 0 saturated heterocycles. The summed E-state index contributed by atoms with van der Waals surface area (Å²) in [5, 5.41) is 2.53. The highest BCUT2D eigenvalue weighted by Crippen LogP contribution is 2.14. The molecule has 2 N–H and O–H groups in total. The molecule has 7 heteroatoms. The van der Waals surface area contributed by atoms with Crippen molar-refractivity contribution in [3.8, 4) is 0 Å². The minimum Gasteiger partial charge on any atom is -0.438 e. The average molecular weight is 336 g/mol. The van der Waals surface area contributed by atoms with Crippen molar-refractivity contribution in [1.82, 2.24) is 10.0 Å². The third kappa shape index (κ3) is 4.67. The SMILES string of the molecule is CNS(=O)(=O)c1ccc(C(=O)NC(C)CCc2ccccc2)o1. The number of carbonyl (C=O) groups excluding carboxylic acids is 1. The van der Waals surface area contributed by atoms with Crippen LogP contribution in [0.25, 0.3) is 0 Å². The minimum atomic E-state index is -3.68. The Kier molecular flexibility index (Phi) is 5.57. The molecule has 23 heavy (non-hydrogen) atoms. The first-order chi connectivity index (χ1) is 10.9. The van der Waals surface area contributed by atoms with Gasteiger partial charge < -0.3 is 9.73 Å². The highest BCUT2D eigenvalue weighted by molar-refractivity contribution is 7.89. The number of hydrogen-bond donors (Lipinski definition) is 2. The Morgan fingerprint density at radius 2 is 1.87 bits per heavy atom. The average Bonchev–Trinajstić information content (AvgIpc) is 3.05. The van der Waals surface area contributed by atoms with E-state index >= 15 is 0 Å². The second-order valence-corrected chi connectivity index (χ2v) is 7.04. The van der Waals surface area contributed by atoms with Crippen molar-refractivity contribution in [3.63, 3.8) is 0 Å². The lowest BCUT2D eigenvalue weighted by atomic mass is 10.1. The first-order valence-corrected chi connectivity index (χ1v) is 8.79. The number of rotatable bonds is 7. The van der Waals surface area contributed by atoms with Gasteiger partial charge in [0.15, 0.2) is 5.76 Å². The Labute approximate surface area is 135 Å². The van der Waals surface area contributed by atoms with Crippen LogP contribution in [0.3, 0.4) is 0 Å². The maximum atomic E-state index is 12.1.